The van der Waals surface area contributed by atoms with Gasteiger partial charge in [-0.25, -0.2) is 22.0 Å². The van der Waals surface area contributed by atoms with E-state index in [1.54, 1.807) is 6.92 Å². The van der Waals surface area contributed by atoms with Gasteiger partial charge in [-0.1, -0.05) is 6.92 Å². The molecule has 0 unspecified atom stereocenters. The van der Waals surface area contributed by atoms with Crippen molar-refractivity contribution in [2.45, 2.75) is 18.9 Å². The molecule has 1 aromatic rings. The van der Waals surface area contributed by atoms with Crippen molar-refractivity contribution in [2.24, 2.45) is 0 Å². The summed E-state index contributed by atoms with van der Waals surface area (Å²) in [5.41, 5.74) is -2.79. The fourth-order valence-electron chi connectivity index (χ4n) is 1.49. The number of carbonyl (C=O) groups excluding carboxylic acids is 1. The second kappa shape index (κ2) is 6.79. The van der Waals surface area contributed by atoms with Crippen LogP contribution in [0.3, 0.4) is 0 Å². The van der Waals surface area contributed by atoms with E-state index in [2.05, 4.69) is 5.32 Å². The molecule has 0 fully saturated rings. The first-order valence-corrected chi connectivity index (χ1v) is 6.77. The normalized spacial score (nSPS) is 11.6. The monoisotopic (exact) mass is 349 g/mol. The fraction of sp³-hybridized carbons (Fsp3) is 0.417. The molecule has 118 valence electrons. The maximum absolute atomic E-state index is 13.5. The third-order valence-corrected chi connectivity index (χ3v) is 4.03. The quantitative estimate of drug-likeness (QED) is 0.373. The Kier molecular flexibility index (Phi) is 5.81. The number of alkyl halides is 2. The van der Waals surface area contributed by atoms with Crippen molar-refractivity contribution in [1.29, 1.82) is 0 Å². The zero-order valence-electron chi connectivity index (χ0n) is 10.7. The lowest BCUT2D eigenvalue weighted by atomic mass is 10.0. The van der Waals surface area contributed by atoms with E-state index in [9.17, 15) is 26.7 Å². The van der Waals surface area contributed by atoms with Crippen LogP contribution in [-0.4, -0.2) is 23.2 Å². The first-order chi connectivity index (χ1) is 9.74. The molecule has 2 nitrogen and oxygen atoms in total. The second-order valence-electron chi connectivity index (χ2n) is 4.30. The standard InChI is InChI=1S/C12H10Cl2F5NO/c1-2-12(3-13,4-14)20-11(21)5-6(15)8(17)10(19)9(18)7(5)16/h2-4H2,1H3,(H,20,21). The highest BCUT2D eigenvalue weighted by Crippen LogP contribution is 2.24. The predicted octanol–water partition coefficient (Wildman–Crippen LogP) is 3.74. The fourth-order valence-corrected chi connectivity index (χ4v) is 2.28. The molecule has 21 heavy (non-hydrogen) atoms. The summed E-state index contributed by atoms with van der Waals surface area (Å²) in [4.78, 5) is 11.8. The lowest BCUT2D eigenvalue weighted by Crippen LogP contribution is -2.51. The number of hydrogen-bond acceptors (Lipinski definition) is 1. The first kappa shape index (κ1) is 18.0. The van der Waals surface area contributed by atoms with Gasteiger partial charge in [0.05, 0.1) is 5.54 Å². The number of halogens is 7. The van der Waals surface area contributed by atoms with E-state index in [4.69, 9.17) is 23.2 Å². The number of carbonyl (C=O) groups is 1. The molecule has 1 amide bonds. The number of rotatable bonds is 5. The Labute approximate surface area is 127 Å². The van der Waals surface area contributed by atoms with Gasteiger partial charge in [-0.15, -0.1) is 23.2 Å². The lowest BCUT2D eigenvalue weighted by molar-refractivity contribution is 0.0901. The molecule has 1 rings (SSSR count). The molecule has 0 aliphatic rings. The molecule has 0 bridgehead atoms. The van der Waals surface area contributed by atoms with Gasteiger partial charge in [-0.3, -0.25) is 4.79 Å². The van der Waals surface area contributed by atoms with E-state index in [0.29, 0.717) is 0 Å². The topological polar surface area (TPSA) is 29.1 Å². The van der Waals surface area contributed by atoms with E-state index in [-0.39, 0.29) is 18.2 Å². The second-order valence-corrected chi connectivity index (χ2v) is 4.83. The van der Waals surface area contributed by atoms with Crippen LogP contribution in [0.1, 0.15) is 23.7 Å². The van der Waals surface area contributed by atoms with Crippen molar-refractivity contribution in [1.82, 2.24) is 5.32 Å². The van der Waals surface area contributed by atoms with Gasteiger partial charge in [-0.05, 0) is 6.42 Å². The molecule has 0 atom stereocenters. The van der Waals surface area contributed by atoms with Gasteiger partial charge >= 0.3 is 0 Å². The molecule has 0 saturated heterocycles. The van der Waals surface area contributed by atoms with Crippen LogP contribution in [0, 0.1) is 29.1 Å². The average Bonchev–Trinajstić information content (AvgIpc) is 2.49. The molecule has 0 radical (unpaired) electrons. The van der Waals surface area contributed by atoms with Crippen molar-refractivity contribution in [3.63, 3.8) is 0 Å². The van der Waals surface area contributed by atoms with Gasteiger partial charge in [0.15, 0.2) is 23.3 Å². The maximum Gasteiger partial charge on any atom is 0.257 e. The van der Waals surface area contributed by atoms with Gasteiger partial charge < -0.3 is 5.32 Å². The zero-order chi connectivity index (χ0) is 16.4. The van der Waals surface area contributed by atoms with Crippen molar-refractivity contribution < 1.29 is 26.7 Å². The molecule has 1 aromatic carbocycles. The van der Waals surface area contributed by atoms with Crippen molar-refractivity contribution in [3.05, 3.63) is 34.6 Å². The summed E-state index contributed by atoms with van der Waals surface area (Å²) < 4.78 is 66.0. The Morgan fingerprint density at radius 2 is 1.33 bits per heavy atom. The summed E-state index contributed by atoms with van der Waals surface area (Å²) in [5, 5.41) is 2.11. The minimum absolute atomic E-state index is 0.196. The van der Waals surface area contributed by atoms with Gasteiger partial charge in [0.1, 0.15) is 5.56 Å². The van der Waals surface area contributed by atoms with E-state index in [0.717, 1.165) is 0 Å². The maximum atomic E-state index is 13.5. The molecule has 0 saturated carbocycles. The van der Waals surface area contributed by atoms with Crippen molar-refractivity contribution >= 4 is 29.1 Å². The zero-order valence-corrected chi connectivity index (χ0v) is 12.2. The molecule has 0 heterocycles. The van der Waals surface area contributed by atoms with Crippen LogP contribution >= 0.6 is 23.2 Å². The Morgan fingerprint density at radius 1 is 0.952 bits per heavy atom. The van der Waals surface area contributed by atoms with Gasteiger partial charge in [0.25, 0.3) is 5.91 Å². The summed E-state index contributed by atoms with van der Waals surface area (Å²) in [6.07, 6.45) is 0.196. The number of benzene rings is 1. The Morgan fingerprint density at radius 3 is 1.67 bits per heavy atom. The van der Waals surface area contributed by atoms with Crippen LogP contribution in [0.5, 0.6) is 0 Å². The highest BCUT2D eigenvalue weighted by molar-refractivity contribution is 6.22. The minimum atomic E-state index is -2.34. The van der Waals surface area contributed by atoms with E-state index >= 15 is 0 Å². The Hall–Kier alpha value is -1.08. The molecule has 9 heteroatoms. The largest absolute Gasteiger partial charge is 0.344 e. The summed E-state index contributed by atoms with van der Waals surface area (Å²) in [5.74, 6) is -13.0. The van der Waals surface area contributed by atoms with E-state index in [1.807, 2.05) is 0 Å². The molecular weight excluding hydrogens is 340 g/mol. The van der Waals surface area contributed by atoms with Crippen molar-refractivity contribution in [2.75, 3.05) is 11.8 Å². The third-order valence-electron chi connectivity index (χ3n) is 3.00. The van der Waals surface area contributed by atoms with Crippen LogP contribution in [-0.2, 0) is 0 Å². The summed E-state index contributed by atoms with van der Waals surface area (Å²) in [7, 11) is 0. The van der Waals surface area contributed by atoms with E-state index < -0.39 is 46.1 Å². The van der Waals surface area contributed by atoms with Crippen LogP contribution in [0.2, 0.25) is 0 Å². The summed E-state index contributed by atoms with van der Waals surface area (Å²) >= 11 is 11.3. The number of amides is 1. The minimum Gasteiger partial charge on any atom is -0.344 e. The van der Waals surface area contributed by atoms with E-state index in [1.165, 1.54) is 0 Å². The first-order valence-electron chi connectivity index (χ1n) is 5.70. The molecule has 0 aromatic heterocycles. The Balaban J connectivity index is 3.32. The predicted molar refractivity (Wildman–Crippen MR) is 68.2 cm³/mol. The lowest BCUT2D eigenvalue weighted by Gasteiger charge is -2.29. The van der Waals surface area contributed by atoms with Crippen LogP contribution < -0.4 is 5.32 Å². The smallest absolute Gasteiger partial charge is 0.257 e. The van der Waals surface area contributed by atoms with Crippen molar-refractivity contribution in [3.8, 4) is 0 Å². The SMILES string of the molecule is CCC(CCl)(CCl)NC(=O)c1c(F)c(F)c(F)c(F)c1F. The summed E-state index contributed by atoms with van der Waals surface area (Å²) in [6, 6.07) is 0. The van der Waals surface area contributed by atoms with Crippen LogP contribution in [0.15, 0.2) is 0 Å². The van der Waals surface area contributed by atoms with Gasteiger partial charge in [0.2, 0.25) is 5.82 Å². The molecule has 0 spiro atoms. The molecule has 0 aliphatic carbocycles. The van der Waals surface area contributed by atoms with Crippen LogP contribution in [0.25, 0.3) is 0 Å². The molecule has 0 aliphatic heterocycles. The molecular formula is C12H10Cl2F5NO. The molecule has 1 N–H and O–H groups in total. The average molecular weight is 350 g/mol. The van der Waals surface area contributed by atoms with Gasteiger partial charge in [0, 0.05) is 11.8 Å². The Bertz CT molecular complexity index is 526. The highest BCUT2D eigenvalue weighted by atomic mass is 35.5. The van der Waals surface area contributed by atoms with Crippen LogP contribution in [0.4, 0.5) is 22.0 Å². The summed E-state index contributed by atoms with van der Waals surface area (Å²) in [6.45, 7) is 1.59. The number of hydrogen-bond donors (Lipinski definition) is 1. The third kappa shape index (κ3) is 3.23. The highest BCUT2D eigenvalue weighted by Gasteiger charge is 2.34. The van der Waals surface area contributed by atoms with Gasteiger partial charge in [-0.2, -0.15) is 0 Å². The number of nitrogens with one attached hydrogen (secondary N) is 1.